The molecule has 0 aromatic heterocycles. The lowest BCUT2D eigenvalue weighted by molar-refractivity contribution is 0.504. The summed E-state index contributed by atoms with van der Waals surface area (Å²) in [5.74, 6) is -0.960. The Bertz CT molecular complexity index is 165. The fourth-order valence-corrected chi connectivity index (χ4v) is 0.439. The van der Waals surface area contributed by atoms with Crippen LogP contribution in [0, 0.1) is 0 Å². The number of amidine groups is 1. The van der Waals surface area contributed by atoms with Crippen LogP contribution in [-0.2, 0) is 0 Å². The van der Waals surface area contributed by atoms with E-state index in [1.807, 2.05) is 0 Å². The Labute approximate surface area is 64.0 Å². The highest BCUT2D eigenvalue weighted by atomic mass is 19.1. The molecule has 3 N–H and O–H groups in total. The summed E-state index contributed by atoms with van der Waals surface area (Å²) in [6.45, 7) is -0.732. The molecule has 0 radical (unpaired) electrons. The van der Waals surface area contributed by atoms with Crippen LogP contribution in [0.3, 0.4) is 0 Å². The molecule has 3 nitrogen and oxygen atoms in total. The molecule has 64 valence electrons. The van der Waals surface area contributed by atoms with Crippen molar-refractivity contribution in [1.82, 2.24) is 5.32 Å². The zero-order valence-corrected chi connectivity index (χ0v) is 6.27. The van der Waals surface area contributed by atoms with Crippen LogP contribution in [0.25, 0.3) is 0 Å². The maximum Gasteiger partial charge on any atom is 0.180 e. The largest absolute Gasteiger partial charge is 0.392 e. The summed E-state index contributed by atoms with van der Waals surface area (Å²) < 4.78 is 24.0. The number of nitrogens with one attached hydrogen (secondary N) is 1. The van der Waals surface area contributed by atoms with Gasteiger partial charge in [-0.05, 0) is 0 Å². The van der Waals surface area contributed by atoms with Gasteiger partial charge in [0.2, 0.25) is 0 Å². The van der Waals surface area contributed by atoms with Crippen LogP contribution >= 0.6 is 0 Å². The number of hydrogen-bond donors (Lipinski definition) is 2. The lowest BCUT2D eigenvalue weighted by Crippen LogP contribution is -2.15. The van der Waals surface area contributed by atoms with E-state index in [2.05, 4.69) is 10.3 Å². The predicted octanol–water partition coefficient (Wildman–Crippen LogP) is 0.343. The molecule has 0 aromatic carbocycles. The molecule has 5 heteroatoms. The normalized spacial score (nSPS) is 13.4. The first-order valence-electron chi connectivity index (χ1n) is 3.11. The van der Waals surface area contributed by atoms with E-state index in [1.54, 1.807) is 0 Å². The Balaban J connectivity index is 4.00. The summed E-state index contributed by atoms with van der Waals surface area (Å²) in [5, 5.41) is 2.43. The number of alkyl halides is 1. The van der Waals surface area contributed by atoms with E-state index in [4.69, 9.17) is 5.73 Å². The second-order valence-electron chi connectivity index (χ2n) is 1.74. The van der Waals surface area contributed by atoms with Crippen molar-refractivity contribution >= 4 is 5.84 Å². The van der Waals surface area contributed by atoms with Crippen molar-refractivity contribution in [1.29, 1.82) is 0 Å². The standard InChI is InChI=1S/C6H11F2N3/c1-10-4-5(8)6(9)11-3-2-7/h4,10H,2-3H2,1H3,(H2,9,11)/b5-4+. The lowest BCUT2D eigenvalue weighted by atomic mass is 10.5. The summed E-state index contributed by atoms with van der Waals surface area (Å²) in [6, 6.07) is 0. The van der Waals surface area contributed by atoms with Crippen LogP contribution in [-0.4, -0.2) is 26.1 Å². The Morgan fingerprint density at radius 1 is 1.73 bits per heavy atom. The predicted molar refractivity (Wildman–Crippen MR) is 40.7 cm³/mol. The number of nitrogens with zero attached hydrogens (tertiary/aromatic N) is 1. The topological polar surface area (TPSA) is 50.4 Å². The number of nitrogens with two attached hydrogens (primary N) is 1. The van der Waals surface area contributed by atoms with E-state index in [0.717, 1.165) is 6.20 Å². The van der Waals surface area contributed by atoms with Crippen LogP contribution in [0.1, 0.15) is 0 Å². The van der Waals surface area contributed by atoms with Crippen molar-refractivity contribution in [2.24, 2.45) is 10.7 Å². The SMILES string of the molecule is CN/C=C(F)\C(N)=N/CCF. The van der Waals surface area contributed by atoms with Gasteiger partial charge in [-0.15, -0.1) is 0 Å². The first kappa shape index (κ1) is 9.87. The summed E-state index contributed by atoms with van der Waals surface area (Å²) in [5.41, 5.74) is 5.09. The molecule has 0 rings (SSSR count). The van der Waals surface area contributed by atoms with E-state index >= 15 is 0 Å². The Kier molecular flexibility index (Phi) is 5.06. The van der Waals surface area contributed by atoms with Crippen molar-refractivity contribution in [2.75, 3.05) is 20.3 Å². The fourth-order valence-electron chi connectivity index (χ4n) is 0.439. The van der Waals surface area contributed by atoms with E-state index < -0.39 is 12.5 Å². The third kappa shape index (κ3) is 4.30. The molecular weight excluding hydrogens is 152 g/mol. The number of rotatable bonds is 4. The second-order valence-corrected chi connectivity index (χ2v) is 1.74. The second kappa shape index (κ2) is 5.64. The molecule has 0 fully saturated rings. The molecule has 0 amide bonds. The van der Waals surface area contributed by atoms with Gasteiger partial charge in [-0.3, -0.25) is 4.99 Å². The average molecular weight is 163 g/mol. The van der Waals surface area contributed by atoms with Gasteiger partial charge in [-0.1, -0.05) is 0 Å². The minimum Gasteiger partial charge on any atom is -0.392 e. The van der Waals surface area contributed by atoms with E-state index in [-0.39, 0.29) is 12.4 Å². The van der Waals surface area contributed by atoms with Crippen LogP contribution in [0.5, 0.6) is 0 Å². The molecule has 11 heavy (non-hydrogen) atoms. The summed E-state index contributed by atoms with van der Waals surface area (Å²) >= 11 is 0. The van der Waals surface area contributed by atoms with E-state index in [9.17, 15) is 8.78 Å². The third-order valence-electron chi connectivity index (χ3n) is 0.882. The molecule has 0 saturated heterocycles. The van der Waals surface area contributed by atoms with Gasteiger partial charge in [0, 0.05) is 13.2 Å². The number of halogens is 2. The van der Waals surface area contributed by atoms with Crippen molar-refractivity contribution in [2.45, 2.75) is 0 Å². The third-order valence-corrected chi connectivity index (χ3v) is 0.882. The molecule has 0 spiro atoms. The highest BCUT2D eigenvalue weighted by Gasteiger charge is 1.98. The first-order valence-corrected chi connectivity index (χ1v) is 3.11. The van der Waals surface area contributed by atoms with Crippen LogP contribution in [0.4, 0.5) is 8.78 Å². The fraction of sp³-hybridized carbons (Fsp3) is 0.500. The minimum absolute atomic E-state index is 0.100. The van der Waals surface area contributed by atoms with Gasteiger partial charge in [0.05, 0.1) is 6.54 Å². The minimum atomic E-state index is -0.680. The smallest absolute Gasteiger partial charge is 0.180 e. The van der Waals surface area contributed by atoms with Crippen molar-refractivity contribution in [3.8, 4) is 0 Å². The molecule has 0 aliphatic carbocycles. The quantitative estimate of drug-likeness (QED) is 0.464. The van der Waals surface area contributed by atoms with Gasteiger partial charge in [-0.25, -0.2) is 8.78 Å². The van der Waals surface area contributed by atoms with Gasteiger partial charge < -0.3 is 11.1 Å². The number of hydrogen-bond acceptors (Lipinski definition) is 2. The van der Waals surface area contributed by atoms with E-state index in [1.165, 1.54) is 7.05 Å². The molecule has 0 heterocycles. The Hall–Kier alpha value is -1.13. The lowest BCUT2D eigenvalue weighted by Gasteiger charge is -1.95. The van der Waals surface area contributed by atoms with Crippen molar-refractivity contribution < 1.29 is 8.78 Å². The maximum absolute atomic E-state index is 12.5. The summed E-state index contributed by atoms with van der Waals surface area (Å²) in [6.07, 6.45) is 1.05. The molecule has 0 atom stereocenters. The van der Waals surface area contributed by atoms with Crippen LogP contribution in [0.2, 0.25) is 0 Å². The van der Waals surface area contributed by atoms with Gasteiger partial charge in [0.1, 0.15) is 6.67 Å². The molecule has 0 aliphatic rings. The average Bonchev–Trinajstić information content (AvgIpc) is 2.00. The van der Waals surface area contributed by atoms with Gasteiger partial charge in [0.15, 0.2) is 11.7 Å². The van der Waals surface area contributed by atoms with Crippen LogP contribution in [0.15, 0.2) is 17.0 Å². The zero-order chi connectivity index (χ0) is 8.69. The van der Waals surface area contributed by atoms with Crippen LogP contribution < -0.4 is 11.1 Å². The summed E-state index contributed by atoms with van der Waals surface area (Å²) in [7, 11) is 1.53. The van der Waals surface area contributed by atoms with E-state index in [0.29, 0.717) is 0 Å². The molecule has 0 aromatic rings. The Morgan fingerprint density at radius 2 is 2.36 bits per heavy atom. The summed E-state index contributed by atoms with van der Waals surface area (Å²) in [4.78, 5) is 3.40. The number of aliphatic imine (C=N–C) groups is 1. The molecule has 0 unspecified atom stereocenters. The Morgan fingerprint density at radius 3 is 2.82 bits per heavy atom. The monoisotopic (exact) mass is 163 g/mol. The first-order chi connectivity index (χ1) is 5.22. The zero-order valence-electron chi connectivity index (χ0n) is 6.27. The van der Waals surface area contributed by atoms with Crippen molar-refractivity contribution in [3.05, 3.63) is 12.0 Å². The molecule has 0 bridgehead atoms. The molecule has 0 aliphatic heterocycles. The van der Waals surface area contributed by atoms with Gasteiger partial charge in [0.25, 0.3) is 0 Å². The molecular formula is C6H11F2N3. The van der Waals surface area contributed by atoms with Gasteiger partial charge >= 0.3 is 0 Å². The maximum atomic E-state index is 12.5. The highest BCUT2D eigenvalue weighted by molar-refractivity contribution is 5.94. The van der Waals surface area contributed by atoms with Gasteiger partial charge in [-0.2, -0.15) is 0 Å². The highest BCUT2D eigenvalue weighted by Crippen LogP contribution is 1.93. The van der Waals surface area contributed by atoms with Crippen molar-refractivity contribution in [3.63, 3.8) is 0 Å². The molecule has 0 saturated carbocycles.